The molecule has 0 bridgehead atoms. The van der Waals surface area contributed by atoms with Crippen molar-refractivity contribution in [1.82, 2.24) is 19.9 Å². The van der Waals surface area contributed by atoms with E-state index >= 15 is 0 Å². The van der Waals surface area contributed by atoms with Crippen LogP contribution in [-0.4, -0.2) is 59.0 Å². The zero-order valence-corrected chi connectivity index (χ0v) is 16.9. The minimum Gasteiger partial charge on any atom is -0.365 e. The van der Waals surface area contributed by atoms with Crippen LogP contribution in [0.25, 0.3) is 0 Å². The topological polar surface area (TPSA) is 98.0 Å². The van der Waals surface area contributed by atoms with Gasteiger partial charge in [-0.3, -0.25) is 4.79 Å². The summed E-state index contributed by atoms with van der Waals surface area (Å²) in [5.74, 6) is 1.52. The third-order valence-corrected chi connectivity index (χ3v) is 5.00. The number of pyridine rings is 1. The van der Waals surface area contributed by atoms with E-state index in [0.717, 1.165) is 42.1 Å². The summed E-state index contributed by atoms with van der Waals surface area (Å²) in [5.41, 5.74) is 3.10. The van der Waals surface area contributed by atoms with E-state index in [1.54, 1.807) is 14.1 Å². The number of hydrogen-bond donors (Lipinski definition) is 1. The zero-order chi connectivity index (χ0) is 20.4. The van der Waals surface area contributed by atoms with Gasteiger partial charge in [-0.1, -0.05) is 6.07 Å². The van der Waals surface area contributed by atoms with Crippen LogP contribution in [0.3, 0.4) is 0 Å². The van der Waals surface area contributed by atoms with Gasteiger partial charge >= 0.3 is 0 Å². The zero-order valence-electron chi connectivity index (χ0n) is 16.9. The van der Waals surface area contributed by atoms with Gasteiger partial charge in [0, 0.05) is 44.5 Å². The van der Waals surface area contributed by atoms with E-state index in [9.17, 15) is 4.79 Å². The van der Waals surface area contributed by atoms with Crippen LogP contribution in [0.15, 0.2) is 12.1 Å². The SMILES string of the molecule is Cc1ccc(N[C@@H]2CCN(c3nc(C(=O)N(C)C)nc(C)c3C)C2)nc1C#N. The van der Waals surface area contributed by atoms with Crippen LogP contribution in [0.5, 0.6) is 0 Å². The summed E-state index contributed by atoms with van der Waals surface area (Å²) < 4.78 is 0. The third kappa shape index (κ3) is 3.88. The van der Waals surface area contributed by atoms with E-state index in [2.05, 4.69) is 31.2 Å². The molecule has 3 heterocycles. The highest BCUT2D eigenvalue weighted by atomic mass is 16.2. The van der Waals surface area contributed by atoms with E-state index in [1.165, 1.54) is 4.90 Å². The Labute approximate surface area is 165 Å². The van der Waals surface area contributed by atoms with Crippen molar-refractivity contribution in [3.63, 3.8) is 0 Å². The first-order valence-corrected chi connectivity index (χ1v) is 9.26. The van der Waals surface area contributed by atoms with E-state index in [0.29, 0.717) is 11.5 Å². The molecule has 0 aromatic carbocycles. The van der Waals surface area contributed by atoms with Gasteiger partial charge in [-0.25, -0.2) is 15.0 Å². The molecular formula is C20H25N7O. The minimum atomic E-state index is -0.203. The number of rotatable bonds is 4. The number of aryl methyl sites for hydroxylation is 2. The Morgan fingerprint density at radius 3 is 2.68 bits per heavy atom. The molecule has 3 rings (SSSR count). The normalized spacial score (nSPS) is 16.0. The molecule has 2 aromatic rings. The summed E-state index contributed by atoms with van der Waals surface area (Å²) >= 11 is 0. The number of carbonyl (C=O) groups excluding carboxylic acids is 1. The Morgan fingerprint density at radius 2 is 2.00 bits per heavy atom. The molecule has 1 atom stereocenters. The van der Waals surface area contributed by atoms with Gasteiger partial charge in [-0.05, 0) is 38.8 Å². The molecule has 0 spiro atoms. The van der Waals surface area contributed by atoms with E-state index in [-0.39, 0.29) is 17.8 Å². The monoisotopic (exact) mass is 379 g/mol. The van der Waals surface area contributed by atoms with E-state index < -0.39 is 0 Å². The maximum atomic E-state index is 12.3. The van der Waals surface area contributed by atoms with Crippen LogP contribution < -0.4 is 10.2 Å². The van der Waals surface area contributed by atoms with Crippen LogP contribution in [-0.2, 0) is 0 Å². The van der Waals surface area contributed by atoms with E-state index in [4.69, 9.17) is 5.26 Å². The molecule has 1 aliphatic heterocycles. The molecule has 1 saturated heterocycles. The molecule has 0 aliphatic carbocycles. The molecule has 2 aromatic heterocycles. The van der Waals surface area contributed by atoms with Gasteiger partial charge in [0.2, 0.25) is 5.82 Å². The van der Waals surface area contributed by atoms with E-state index in [1.807, 2.05) is 32.9 Å². The Bertz CT molecular complexity index is 948. The van der Waals surface area contributed by atoms with Gasteiger partial charge in [-0.2, -0.15) is 5.26 Å². The van der Waals surface area contributed by atoms with Crippen molar-refractivity contribution in [3.8, 4) is 6.07 Å². The van der Waals surface area contributed by atoms with Crippen molar-refractivity contribution in [3.05, 3.63) is 40.5 Å². The van der Waals surface area contributed by atoms with Crippen molar-refractivity contribution < 1.29 is 4.79 Å². The summed E-state index contributed by atoms with van der Waals surface area (Å²) in [5, 5.41) is 12.6. The van der Waals surface area contributed by atoms with Crippen molar-refractivity contribution in [1.29, 1.82) is 5.26 Å². The van der Waals surface area contributed by atoms with Crippen molar-refractivity contribution in [2.45, 2.75) is 33.2 Å². The second kappa shape index (κ2) is 7.80. The largest absolute Gasteiger partial charge is 0.365 e. The average molecular weight is 379 g/mol. The molecule has 0 radical (unpaired) electrons. The second-order valence-electron chi connectivity index (χ2n) is 7.33. The first-order chi connectivity index (χ1) is 13.3. The van der Waals surface area contributed by atoms with Gasteiger partial charge in [0.15, 0.2) is 0 Å². The second-order valence-corrected chi connectivity index (χ2v) is 7.33. The lowest BCUT2D eigenvalue weighted by molar-refractivity contribution is 0.0815. The number of amides is 1. The molecular weight excluding hydrogens is 354 g/mol. The van der Waals surface area contributed by atoms with Crippen LogP contribution >= 0.6 is 0 Å². The van der Waals surface area contributed by atoms with Gasteiger partial charge in [0.25, 0.3) is 5.91 Å². The Balaban J connectivity index is 1.78. The van der Waals surface area contributed by atoms with Crippen LogP contribution in [0.4, 0.5) is 11.6 Å². The summed E-state index contributed by atoms with van der Waals surface area (Å²) in [6.45, 7) is 7.32. The summed E-state index contributed by atoms with van der Waals surface area (Å²) in [6.07, 6.45) is 0.914. The highest BCUT2D eigenvalue weighted by molar-refractivity contribution is 5.90. The molecule has 8 nitrogen and oxygen atoms in total. The average Bonchev–Trinajstić information content (AvgIpc) is 3.12. The number of carbonyl (C=O) groups is 1. The summed E-state index contributed by atoms with van der Waals surface area (Å²) in [7, 11) is 3.39. The molecule has 146 valence electrons. The predicted molar refractivity (Wildman–Crippen MR) is 107 cm³/mol. The van der Waals surface area contributed by atoms with Crippen LogP contribution in [0.2, 0.25) is 0 Å². The molecule has 0 saturated carbocycles. The molecule has 1 N–H and O–H groups in total. The maximum absolute atomic E-state index is 12.3. The fraction of sp³-hybridized carbons (Fsp3) is 0.450. The number of aromatic nitrogens is 3. The smallest absolute Gasteiger partial charge is 0.291 e. The molecule has 1 amide bonds. The fourth-order valence-corrected chi connectivity index (χ4v) is 3.22. The quantitative estimate of drug-likeness (QED) is 0.868. The summed E-state index contributed by atoms with van der Waals surface area (Å²) in [6, 6.07) is 6.10. The molecule has 8 heteroatoms. The van der Waals surface area contributed by atoms with Gasteiger partial charge in [0.1, 0.15) is 23.4 Å². The lowest BCUT2D eigenvalue weighted by Gasteiger charge is -2.22. The number of hydrogen-bond acceptors (Lipinski definition) is 7. The van der Waals surface area contributed by atoms with Gasteiger partial charge in [-0.15, -0.1) is 0 Å². The molecule has 0 unspecified atom stereocenters. The Morgan fingerprint density at radius 1 is 1.25 bits per heavy atom. The Hall–Kier alpha value is -3.21. The first kappa shape index (κ1) is 19.5. The van der Waals surface area contributed by atoms with Gasteiger partial charge < -0.3 is 15.1 Å². The predicted octanol–water partition coefficient (Wildman–Crippen LogP) is 2.06. The van der Waals surface area contributed by atoms with Crippen molar-refractivity contribution in [2.24, 2.45) is 0 Å². The van der Waals surface area contributed by atoms with Crippen LogP contribution in [0.1, 0.15) is 39.6 Å². The van der Waals surface area contributed by atoms with Crippen LogP contribution in [0, 0.1) is 32.1 Å². The summed E-state index contributed by atoms with van der Waals surface area (Å²) in [4.78, 5) is 29.2. The fourth-order valence-electron chi connectivity index (χ4n) is 3.22. The molecule has 1 aliphatic rings. The maximum Gasteiger partial charge on any atom is 0.291 e. The highest BCUT2D eigenvalue weighted by Crippen LogP contribution is 2.25. The van der Waals surface area contributed by atoms with Gasteiger partial charge in [0.05, 0.1) is 0 Å². The minimum absolute atomic E-state index is 0.185. The Kier molecular flexibility index (Phi) is 5.45. The lowest BCUT2D eigenvalue weighted by Crippen LogP contribution is -2.30. The third-order valence-electron chi connectivity index (χ3n) is 5.00. The number of nitrogens with one attached hydrogen (secondary N) is 1. The highest BCUT2D eigenvalue weighted by Gasteiger charge is 2.27. The molecule has 28 heavy (non-hydrogen) atoms. The number of anilines is 2. The standard InChI is InChI=1S/C20H25N7O/c1-12-6-7-17(24-16(12)10-21)23-15-8-9-27(11-15)19-13(2)14(3)22-18(25-19)20(28)26(4)5/h6-7,15H,8-9,11H2,1-5H3,(H,23,24)/t15-/m1/s1. The van der Waals surface area contributed by atoms with Crippen molar-refractivity contribution >= 4 is 17.5 Å². The first-order valence-electron chi connectivity index (χ1n) is 9.26. The van der Waals surface area contributed by atoms with Crippen molar-refractivity contribution in [2.75, 3.05) is 37.4 Å². The number of nitriles is 1. The lowest BCUT2D eigenvalue weighted by atomic mass is 10.2. The number of nitrogens with zero attached hydrogens (tertiary/aromatic N) is 6. The molecule has 1 fully saturated rings.